The first kappa shape index (κ1) is 16.6. The Morgan fingerprint density at radius 3 is 2.68 bits per heavy atom. The van der Waals surface area contributed by atoms with E-state index in [0.29, 0.717) is 22.2 Å². The number of carbonyl (C=O) groups is 1. The average molecular weight is 336 g/mol. The second-order valence-electron chi connectivity index (χ2n) is 5.73. The van der Waals surface area contributed by atoms with Gasteiger partial charge in [0.15, 0.2) is 0 Å². The van der Waals surface area contributed by atoms with Gasteiger partial charge in [-0.1, -0.05) is 30.3 Å². The summed E-state index contributed by atoms with van der Waals surface area (Å²) in [5.74, 6) is -0.485. The summed E-state index contributed by atoms with van der Waals surface area (Å²) < 4.78 is 5.53. The van der Waals surface area contributed by atoms with Gasteiger partial charge in [0, 0.05) is 23.2 Å². The number of rotatable bonds is 4. The van der Waals surface area contributed by atoms with Gasteiger partial charge in [-0.15, -0.1) is 0 Å². The Hall–Kier alpha value is -3.28. The Labute approximate surface area is 144 Å². The van der Waals surface area contributed by atoms with Crippen LogP contribution in [0.3, 0.4) is 0 Å². The highest BCUT2D eigenvalue weighted by atomic mass is 16.6. The number of non-ortho nitro benzene ring substituents is 1. The maximum atomic E-state index is 12.6. The predicted octanol–water partition coefficient (Wildman–Crippen LogP) is 4.37. The number of pyridine rings is 1. The van der Waals surface area contributed by atoms with Crippen LogP contribution in [-0.4, -0.2) is 15.9 Å². The number of benzene rings is 2. The van der Waals surface area contributed by atoms with Gasteiger partial charge in [0.1, 0.15) is 6.10 Å². The summed E-state index contributed by atoms with van der Waals surface area (Å²) in [7, 11) is 0. The molecule has 0 amide bonds. The van der Waals surface area contributed by atoms with Crippen molar-refractivity contribution in [1.29, 1.82) is 0 Å². The molecule has 0 saturated carbocycles. The van der Waals surface area contributed by atoms with Crippen LogP contribution in [-0.2, 0) is 4.74 Å². The number of ether oxygens (including phenoxy) is 1. The molecule has 1 atom stereocenters. The number of nitrogens with zero attached hydrogens (tertiary/aromatic N) is 2. The molecule has 0 aliphatic rings. The molecule has 6 heteroatoms. The highest BCUT2D eigenvalue weighted by Crippen LogP contribution is 2.25. The van der Waals surface area contributed by atoms with Crippen molar-refractivity contribution in [3.05, 3.63) is 81.5 Å². The first-order valence-electron chi connectivity index (χ1n) is 7.77. The van der Waals surface area contributed by atoms with Gasteiger partial charge in [0.25, 0.3) is 5.69 Å². The van der Waals surface area contributed by atoms with Crippen molar-refractivity contribution < 1.29 is 14.5 Å². The summed E-state index contributed by atoms with van der Waals surface area (Å²) >= 11 is 0. The molecule has 0 spiro atoms. The monoisotopic (exact) mass is 336 g/mol. The van der Waals surface area contributed by atoms with Gasteiger partial charge in [-0.3, -0.25) is 15.1 Å². The Bertz CT molecular complexity index is 969. The quantitative estimate of drug-likeness (QED) is 0.401. The van der Waals surface area contributed by atoms with E-state index in [-0.39, 0.29) is 5.69 Å². The second-order valence-corrected chi connectivity index (χ2v) is 5.73. The van der Waals surface area contributed by atoms with Gasteiger partial charge in [-0.2, -0.15) is 0 Å². The molecule has 0 saturated heterocycles. The highest BCUT2D eigenvalue weighted by molar-refractivity contribution is 6.03. The van der Waals surface area contributed by atoms with Crippen molar-refractivity contribution in [2.24, 2.45) is 0 Å². The number of hydrogen-bond acceptors (Lipinski definition) is 5. The van der Waals surface area contributed by atoms with Crippen molar-refractivity contribution in [1.82, 2.24) is 4.98 Å². The van der Waals surface area contributed by atoms with E-state index in [0.717, 1.165) is 5.52 Å². The third-order valence-electron chi connectivity index (χ3n) is 3.90. The number of para-hydroxylation sites is 1. The molecule has 2 aromatic carbocycles. The summed E-state index contributed by atoms with van der Waals surface area (Å²) in [5.41, 5.74) is 2.40. The predicted molar refractivity (Wildman–Crippen MR) is 93.4 cm³/mol. The number of nitro benzene ring substituents is 1. The summed E-state index contributed by atoms with van der Waals surface area (Å²) in [6, 6.07) is 15.1. The molecular weight excluding hydrogens is 320 g/mol. The molecule has 126 valence electrons. The van der Waals surface area contributed by atoms with Crippen LogP contribution in [0.15, 0.2) is 54.6 Å². The first-order valence-corrected chi connectivity index (χ1v) is 7.77. The highest BCUT2D eigenvalue weighted by Gasteiger charge is 2.18. The number of esters is 1. The lowest BCUT2D eigenvalue weighted by Gasteiger charge is -2.15. The zero-order valence-corrected chi connectivity index (χ0v) is 13.8. The van der Waals surface area contributed by atoms with E-state index in [4.69, 9.17) is 4.74 Å². The molecule has 6 nitrogen and oxygen atoms in total. The standard InChI is InChI=1S/C19H16N2O4/c1-12-10-17(16-8-3-4-9-18(16)20-12)19(22)25-13(2)14-6-5-7-15(11-14)21(23)24/h3-11,13H,1-2H3/t13-/m1/s1. The number of carbonyl (C=O) groups excluding carboxylic acids is 1. The number of aromatic nitrogens is 1. The van der Waals surface area contributed by atoms with Crippen molar-refractivity contribution in [3.8, 4) is 0 Å². The maximum absolute atomic E-state index is 12.6. The van der Waals surface area contributed by atoms with Crippen LogP contribution in [0.25, 0.3) is 10.9 Å². The fourth-order valence-corrected chi connectivity index (χ4v) is 2.66. The maximum Gasteiger partial charge on any atom is 0.339 e. The Kier molecular flexibility index (Phi) is 4.43. The summed E-state index contributed by atoms with van der Waals surface area (Å²) in [5, 5.41) is 11.6. The number of fused-ring (bicyclic) bond motifs is 1. The van der Waals surface area contributed by atoms with Gasteiger partial charge < -0.3 is 4.74 Å². The van der Waals surface area contributed by atoms with E-state index in [1.165, 1.54) is 12.1 Å². The molecule has 0 unspecified atom stereocenters. The van der Waals surface area contributed by atoms with E-state index in [1.54, 1.807) is 25.1 Å². The minimum absolute atomic E-state index is 0.0365. The molecule has 1 heterocycles. The van der Waals surface area contributed by atoms with Crippen molar-refractivity contribution >= 4 is 22.6 Å². The van der Waals surface area contributed by atoms with Crippen molar-refractivity contribution in [3.63, 3.8) is 0 Å². The zero-order chi connectivity index (χ0) is 18.0. The smallest absolute Gasteiger partial charge is 0.339 e. The fraction of sp³-hybridized carbons (Fsp3) is 0.158. The van der Waals surface area contributed by atoms with Crippen LogP contribution in [0, 0.1) is 17.0 Å². The molecule has 3 rings (SSSR count). The molecule has 3 aromatic rings. The lowest BCUT2D eigenvalue weighted by molar-refractivity contribution is -0.385. The number of nitro groups is 1. The van der Waals surface area contributed by atoms with E-state index >= 15 is 0 Å². The van der Waals surface area contributed by atoms with Crippen LogP contribution >= 0.6 is 0 Å². The molecule has 0 bridgehead atoms. The average Bonchev–Trinajstić information content (AvgIpc) is 2.60. The van der Waals surface area contributed by atoms with Crippen LogP contribution < -0.4 is 0 Å². The normalized spacial score (nSPS) is 11.9. The van der Waals surface area contributed by atoms with Crippen LogP contribution in [0.1, 0.15) is 34.6 Å². The van der Waals surface area contributed by atoms with Crippen LogP contribution in [0.2, 0.25) is 0 Å². The Morgan fingerprint density at radius 1 is 1.16 bits per heavy atom. The second kappa shape index (κ2) is 6.68. The van der Waals surface area contributed by atoms with Gasteiger partial charge in [-0.05, 0) is 31.5 Å². The van der Waals surface area contributed by atoms with E-state index < -0.39 is 17.0 Å². The Balaban J connectivity index is 1.90. The third-order valence-corrected chi connectivity index (χ3v) is 3.90. The summed E-state index contributed by atoms with van der Waals surface area (Å²) in [4.78, 5) is 27.5. The molecule has 0 radical (unpaired) electrons. The largest absolute Gasteiger partial charge is 0.454 e. The summed E-state index contributed by atoms with van der Waals surface area (Å²) in [6.45, 7) is 3.50. The van der Waals surface area contributed by atoms with Gasteiger partial charge >= 0.3 is 5.97 Å². The SMILES string of the molecule is Cc1cc(C(=O)O[C@H](C)c2cccc([N+](=O)[O-])c2)c2ccccc2n1. The molecular formula is C19H16N2O4. The van der Waals surface area contributed by atoms with Gasteiger partial charge in [0.05, 0.1) is 16.0 Å². The van der Waals surface area contributed by atoms with Gasteiger partial charge in [-0.25, -0.2) is 4.79 Å². The molecule has 0 N–H and O–H groups in total. The third kappa shape index (κ3) is 3.47. The fourth-order valence-electron chi connectivity index (χ4n) is 2.66. The zero-order valence-electron chi connectivity index (χ0n) is 13.8. The van der Waals surface area contributed by atoms with Crippen LogP contribution in [0.5, 0.6) is 0 Å². The van der Waals surface area contributed by atoms with Crippen molar-refractivity contribution in [2.45, 2.75) is 20.0 Å². The van der Waals surface area contributed by atoms with Crippen molar-refractivity contribution in [2.75, 3.05) is 0 Å². The molecule has 25 heavy (non-hydrogen) atoms. The number of hydrogen-bond donors (Lipinski definition) is 0. The minimum atomic E-state index is -0.611. The molecule has 1 aromatic heterocycles. The first-order chi connectivity index (χ1) is 12.0. The lowest BCUT2D eigenvalue weighted by Crippen LogP contribution is -2.10. The topological polar surface area (TPSA) is 82.3 Å². The molecule has 0 fully saturated rings. The van der Waals surface area contributed by atoms with E-state index in [2.05, 4.69) is 4.98 Å². The Morgan fingerprint density at radius 2 is 1.92 bits per heavy atom. The lowest BCUT2D eigenvalue weighted by atomic mass is 10.1. The van der Waals surface area contributed by atoms with E-state index in [1.807, 2.05) is 31.2 Å². The van der Waals surface area contributed by atoms with Gasteiger partial charge in [0.2, 0.25) is 0 Å². The molecule has 0 aliphatic heterocycles. The minimum Gasteiger partial charge on any atom is -0.454 e. The number of aryl methyl sites for hydroxylation is 1. The van der Waals surface area contributed by atoms with Crippen LogP contribution in [0.4, 0.5) is 5.69 Å². The molecule has 0 aliphatic carbocycles. The van der Waals surface area contributed by atoms with E-state index in [9.17, 15) is 14.9 Å². The summed E-state index contributed by atoms with van der Waals surface area (Å²) in [6.07, 6.45) is -0.611.